The molecule has 2 heterocycles. The van der Waals surface area contributed by atoms with Crippen LogP contribution >= 0.6 is 24.8 Å². The van der Waals surface area contributed by atoms with Gasteiger partial charge in [-0.05, 0) is 74.9 Å². The maximum Gasteiger partial charge on any atom is 0.243 e. The van der Waals surface area contributed by atoms with E-state index in [9.17, 15) is 12.8 Å². The van der Waals surface area contributed by atoms with Crippen molar-refractivity contribution < 1.29 is 12.8 Å². The van der Waals surface area contributed by atoms with E-state index in [1.807, 2.05) is 0 Å². The molecule has 2 aliphatic heterocycles. The summed E-state index contributed by atoms with van der Waals surface area (Å²) in [5.41, 5.74) is 0. The third kappa shape index (κ3) is 4.61. The minimum atomic E-state index is -3.53. The van der Waals surface area contributed by atoms with Crippen molar-refractivity contribution in [2.75, 3.05) is 26.2 Å². The Bertz CT molecular complexity index is 697. The molecule has 2 bridgehead atoms. The third-order valence-corrected chi connectivity index (χ3v) is 8.10. The maximum atomic E-state index is 13.1. The first-order valence-corrected chi connectivity index (χ1v) is 11.0. The molecule has 0 amide bonds. The zero-order valence-corrected chi connectivity index (χ0v) is 17.9. The van der Waals surface area contributed by atoms with Crippen LogP contribution in [0.2, 0.25) is 0 Å². The summed E-state index contributed by atoms with van der Waals surface area (Å²) in [6, 6.07) is 5.78. The highest BCUT2D eigenvalue weighted by Gasteiger charge is 2.45. The van der Waals surface area contributed by atoms with Crippen molar-refractivity contribution in [1.29, 1.82) is 0 Å². The van der Waals surface area contributed by atoms with Crippen LogP contribution in [0.4, 0.5) is 4.39 Å². The van der Waals surface area contributed by atoms with Crippen molar-refractivity contribution in [3.63, 3.8) is 0 Å². The zero-order valence-electron chi connectivity index (χ0n) is 15.4. The van der Waals surface area contributed by atoms with Gasteiger partial charge < -0.3 is 0 Å². The average molecular weight is 439 g/mol. The zero-order chi connectivity index (χ0) is 17.4. The topological polar surface area (TPSA) is 40.6 Å². The third-order valence-electron chi connectivity index (χ3n) is 6.26. The van der Waals surface area contributed by atoms with Crippen LogP contribution in [0.15, 0.2) is 29.2 Å². The molecule has 1 aliphatic carbocycles. The first kappa shape index (κ1) is 22.9. The van der Waals surface area contributed by atoms with Gasteiger partial charge in [-0.3, -0.25) is 4.90 Å². The van der Waals surface area contributed by atoms with E-state index in [1.54, 1.807) is 4.31 Å². The molecule has 0 radical (unpaired) electrons. The number of benzene rings is 1. The van der Waals surface area contributed by atoms with Crippen LogP contribution in [0, 0.1) is 17.7 Å². The number of hydrogen-bond acceptors (Lipinski definition) is 3. The lowest BCUT2D eigenvalue weighted by Crippen LogP contribution is -2.59. The normalized spacial score (nSPS) is 29.4. The molecule has 27 heavy (non-hydrogen) atoms. The van der Waals surface area contributed by atoms with Crippen molar-refractivity contribution >= 4 is 34.8 Å². The second-order valence-corrected chi connectivity index (χ2v) is 9.75. The molecule has 4 nitrogen and oxygen atoms in total. The quantitative estimate of drug-likeness (QED) is 0.717. The van der Waals surface area contributed by atoms with E-state index in [4.69, 9.17) is 0 Å². The summed E-state index contributed by atoms with van der Waals surface area (Å²) in [6.45, 7) is 3.56. The molecule has 0 N–H and O–H groups in total. The van der Waals surface area contributed by atoms with E-state index < -0.39 is 15.8 Å². The Labute approximate surface area is 174 Å². The predicted molar refractivity (Wildman–Crippen MR) is 110 cm³/mol. The predicted octanol–water partition coefficient (Wildman–Crippen LogP) is 3.94. The van der Waals surface area contributed by atoms with Gasteiger partial charge in [0.15, 0.2) is 0 Å². The minimum absolute atomic E-state index is 0. The van der Waals surface area contributed by atoms with Gasteiger partial charge in [-0.15, -0.1) is 24.8 Å². The maximum absolute atomic E-state index is 13.1. The summed E-state index contributed by atoms with van der Waals surface area (Å²) < 4.78 is 40.8. The lowest BCUT2D eigenvalue weighted by Gasteiger charge is -2.52. The number of likely N-dealkylation sites (tertiary alicyclic amines) is 1. The Kier molecular flexibility index (Phi) is 7.97. The fraction of sp³-hybridized carbons (Fsp3) is 0.684. The van der Waals surface area contributed by atoms with E-state index in [1.165, 1.54) is 63.0 Å². The van der Waals surface area contributed by atoms with Gasteiger partial charge in [0.25, 0.3) is 0 Å². The molecule has 4 rings (SSSR count). The van der Waals surface area contributed by atoms with Gasteiger partial charge in [0, 0.05) is 19.1 Å². The molecule has 1 saturated carbocycles. The molecule has 154 valence electrons. The largest absolute Gasteiger partial charge is 0.300 e. The fourth-order valence-corrected chi connectivity index (χ4v) is 6.68. The van der Waals surface area contributed by atoms with Crippen LogP contribution < -0.4 is 0 Å². The number of rotatable bonds is 3. The van der Waals surface area contributed by atoms with E-state index in [-0.39, 0.29) is 29.7 Å². The van der Waals surface area contributed by atoms with E-state index in [0.717, 1.165) is 12.8 Å². The Balaban J connectivity index is 0.00000131. The summed E-state index contributed by atoms with van der Waals surface area (Å²) in [6.07, 6.45) is 7.31. The summed E-state index contributed by atoms with van der Waals surface area (Å²) in [4.78, 5) is 2.85. The second-order valence-electron chi connectivity index (χ2n) is 7.81. The first-order chi connectivity index (χ1) is 12.1. The van der Waals surface area contributed by atoms with Crippen molar-refractivity contribution in [2.24, 2.45) is 11.8 Å². The van der Waals surface area contributed by atoms with E-state index >= 15 is 0 Å². The Hall–Kier alpha value is -0.400. The van der Waals surface area contributed by atoms with Gasteiger partial charge in [0.05, 0.1) is 4.90 Å². The van der Waals surface area contributed by atoms with Crippen LogP contribution in [0.5, 0.6) is 0 Å². The molecule has 2 atom stereocenters. The van der Waals surface area contributed by atoms with Crippen LogP contribution in [-0.2, 0) is 10.0 Å². The molecule has 1 aromatic carbocycles. The summed E-state index contributed by atoms with van der Waals surface area (Å²) in [5, 5.41) is 0. The van der Waals surface area contributed by atoms with E-state index in [2.05, 4.69) is 4.90 Å². The first-order valence-electron chi connectivity index (χ1n) is 9.55. The van der Waals surface area contributed by atoms with Crippen molar-refractivity contribution in [1.82, 2.24) is 9.21 Å². The molecule has 0 aromatic heterocycles. The van der Waals surface area contributed by atoms with Gasteiger partial charge in [0.1, 0.15) is 5.82 Å². The number of halogens is 3. The molecular weight excluding hydrogens is 410 g/mol. The van der Waals surface area contributed by atoms with Crippen molar-refractivity contribution in [3.8, 4) is 0 Å². The highest BCUT2D eigenvalue weighted by Crippen LogP contribution is 2.40. The number of piperidine rings is 2. The second kappa shape index (κ2) is 9.40. The molecule has 8 heteroatoms. The summed E-state index contributed by atoms with van der Waals surface area (Å²) >= 11 is 0. The SMILES string of the molecule is Cl.Cl.O=S(=O)(c1ccc(F)cc1)N1CC2CCCC(C1)C2N1CCCCC1. The van der Waals surface area contributed by atoms with Gasteiger partial charge >= 0.3 is 0 Å². The molecule has 2 unspecified atom stereocenters. The highest BCUT2D eigenvalue weighted by atomic mass is 35.5. The number of fused-ring (bicyclic) bond motifs is 2. The van der Waals surface area contributed by atoms with Gasteiger partial charge in [0.2, 0.25) is 10.0 Å². The smallest absolute Gasteiger partial charge is 0.243 e. The summed E-state index contributed by atoms with van der Waals surface area (Å²) in [7, 11) is -3.53. The lowest BCUT2D eigenvalue weighted by molar-refractivity contribution is -0.00311. The molecule has 1 aromatic rings. The molecule has 3 fully saturated rings. The standard InChI is InChI=1S/C19H27FN2O2S.2ClH/c20-17-7-9-18(10-8-17)25(23,24)22-13-15-5-4-6-16(14-22)19(15)21-11-2-1-3-12-21;;/h7-10,15-16,19H,1-6,11-14H2;2*1H. The molecular formula is C19H29Cl2FN2O2S. The van der Waals surface area contributed by atoms with Crippen LogP contribution in [0.25, 0.3) is 0 Å². The summed E-state index contributed by atoms with van der Waals surface area (Å²) in [5.74, 6) is 0.460. The van der Waals surface area contributed by atoms with Gasteiger partial charge in [-0.1, -0.05) is 12.8 Å². The Morgan fingerprint density at radius 3 is 1.96 bits per heavy atom. The van der Waals surface area contributed by atoms with Crippen molar-refractivity contribution in [2.45, 2.75) is 49.5 Å². The van der Waals surface area contributed by atoms with Gasteiger partial charge in [-0.25, -0.2) is 12.8 Å². The van der Waals surface area contributed by atoms with Crippen LogP contribution in [-0.4, -0.2) is 49.8 Å². The minimum Gasteiger partial charge on any atom is -0.300 e. The van der Waals surface area contributed by atoms with Crippen molar-refractivity contribution in [3.05, 3.63) is 30.1 Å². The monoisotopic (exact) mass is 438 g/mol. The average Bonchev–Trinajstić information content (AvgIpc) is 2.61. The lowest BCUT2D eigenvalue weighted by atomic mass is 9.73. The Morgan fingerprint density at radius 1 is 0.852 bits per heavy atom. The van der Waals surface area contributed by atoms with E-state index in [0.29, 0.717) is 31.0 Å². The van der Waals surface area contributed by atoms with Gasteiger partial charge in [-0.2, -0.15) is 4.31 Å². The Morgan fingerprint density at radius 2 is 1.41 bits per heavy atom. The molecule has 0 spiro atoms. The number of sulfonamides is 1. The highest BCUT2D eigenvalue weighted by molar-refractivity contribution is 7.89. The molecule has 3 aliphatic rings. The fourth-order valence-electron chi connectivity index (χ4n) is 5.13. The number of hydrogen-bond donors (Lipinski definition) is 0. The van der Waals surface area contributed by atoms with Crippen LogP contribution in [0.1, 0.15) is 38.5 Å². The number of nitrogens with zero attached hydrogens (tertiary/aromatic N) is 2. The molecule has 2 saturated heterocycles. The van der Waals surface area contributed by atoms with Crippen LogP contribution in [0.3, 0.4) is 0 Å².